The number of carbonyl (C=O) groups is 1. The number of nitrogens with one attached hydrogen (secondary N) is 1. The number of benzene rings is 1. The van der Waals surface area contributed by atoms with Gasteiger partial charge in [0.1, 0.15) is 6.61 Å². The minimum Gasteiger partial charge on any atom is -0.368 e. The minimum atomic E-state index is -3.46. The number of sulfonamides is 1. The topological polar surface area (TPSA) is 88.6 Å². The lowest BCUT2D eigenvalue weighted by Gasteiger charge is -2.21. The Morgan fingerprint density at radius 3 is 2.68 bits per heavy atom. The molecule has 1 saturated carbocycles. The van der Waals surface area contributed by atoms with Gasteiger partial charge in [-0.2, -0.15) is 4.31 Å². The van der Waals surface area contributed by atoms with Crippen LogP contribution in [0.3, 0.4) is 0 Å². The molecule has 0 spiro atoms. The Labute approximate surface area is 169 Å². The molecule has 4 rings (SSSR count). The van der Waals surface area contributed by atoms with E-state index < -0.39 is 10.0 Å². The fourth-order valence-electron chi connectivity index (χ4n) is 3.78. The maximum absolute atomic E-state index is 12.7. The first-order valence-electron chi connectivity index (χ1n) is 9.84. The molecule has 1 aliphatic carbocycles. The van der Waals surface area contributed by atoms with Crippen LogP contribution in [-0.4, -0.2) is 49.4 Å². The molecule has 0 radical (unpaired) electrons. The second-order valence-electron chi connectivity index (χ2n) is 7.38. The summed E-state index contributed by atoms with van der Waals surface area (Å²) in [6.45, 7) is 1.17. The van der Waals surface area contributed by atoms with Crippen molar-refractivity contribution in [3.8, 4) is 0 Å². The molecule has 1 aliphatic heterocycles. The number of hydrogen-bond acceptors (Lipinski definition) is 6. The summed E-state index contributed by atoms with van der Waals surface area (Å²) in [6.07, 6.45) is 7.58. The molecule has 0 atom stereocenters. The van der Waals surface area contributed by atoms with Crippen LogP contribution in [0.2, 0.25) is 0 Å². The van der Waals surface area contributed by atoms with Crippen molar-refractivity contribution in [3.05, 3.63) is 18.2 Å². The van der Waals surface area contributed by atoms with E-state index in [4.69, 9.17) is 4.74 Å². The summed E-state index contributed by atoms with van der Waals surface area (Å²) in [5.41, 5.74) is 0.675. The summed E-state index contributed by atoms with van der Waals surface area (Å²) in [7, 11) is -3.46. The molecule has 7 nitrogen and oxygen atoms in total. The van der Waals surface area contributed by atoms with E-state index >= 15 is 0 Å². The van der Waals surface area contributed by atoms with Crippen molar-refractivity contribution in [3.63, 3.8) is 0 Å². The van der Waals surface area contributed by atoms with Gasteiger partial charge in [0.2, 0.25) is 10.0 Å². The minimum absolute atomic E-state index is 0.0230. The van der Waals surface area contributed by atoms with Gasteiger partial charge in [-0.15, -0.1) is 0 Å². The summed E-state index contributed by atoms with van der Waals surface area (Å²) >= 11 is 1.28. The largest absolute Gasteiger partial charge is 0.368 e. The summed E-state index contributed by atoms with van der Waals surface area (Å²) in [6, 6.07) is 4.94. The van der Waals surface area contributed by atoms with E-state index in [2.05, 4.69) is 10.3 Å². The second-order valence-corrected chi connectivity index (χ2v) is 10.3. The first kappa shape index (κ1) is 19.8. The van der Waals surface area contributed by atoms with Gasteiger partial charge >= 0.3 is 0 Å². The van der Waals surface area contributed by atoms with Crippen LogP contribution in [0.25, 0.3) is 10.2 Å². The lowest BCUT2D eigenvalue weighted by Crippen LogP contribution is -2.27. The van der Waals surface area contributed by atoms with Gasteiger partial charge in [-0.3, -0.25) is 10.1 Å². The third-order valence-electron chi connectivity index (χ3n) is 5.31. The van der Waals surface area contributed by atoms with Crippen LogP contribution in [0.5, 0.6) is 0 Å². The molecule has 1 N–H and O–H groups in total. The van der Waals surface area contributed by atoms with Crippen molar-refractivity contribution in [2.45, 2.75) is 55.9 Å². The van der Waals surface area contributed by atoms with E-state index in [-0.39, 0.29) is 23.5 Å². The molecule has 2 aromatic rings. The molecule has 2 fully saturated rings. The van der Waals surface area contributed by atoms with Gasteiger partial charge in [0.05, 0.1) is 21.2 Å². The molecule has 9 heteroatoms. The monoisotopic (exact) mass is 423 g/mol. The van der Waals surface area contributed by atoms with Gasteiger partial charge < -0.3 is 4.74 Å². The van der Waals surface area contributed by atoms with Crippen LogP contribution in [0.1, 0.15) is 44.9 Å². The number of nitrogens with zero attached hydrogens (tertiary/aromatic N) is 2. The highest BCUT2D eigenvalue weighted by Crippen LogP contribution is 2.30. The first-order chi connectivity index (χ1) is 13.5. The van der Waals surface area contributed by atoms with Crippen molar-refractivity contribution < 1.29 is 17.9 Å². The molecule has 2 heterocycles. The SMILES string of the molecule is O=C(COC1CCCCC1)Nc1nc2ccc(S(=O)(=O)N3CCCC3)cc2s1. The first-order valence-corrected chi connectivity index (χ1v) is 12.1. The van der Waals surface area contributed by atoms with Crippen LogP contribution < -0.4 is 5.32 Å². The molecule has 1 aromatic heterocycles. The summed E-state index contributed by atoms with van der Waals surface area (Å²) < 4.78 is 33.4. The number of thiazole rings is 1. The maximum atomic E-state index is 12.7. The Morgan fingerprint density at radius 2 is 1.93 bits per heavy atom. The predicted octanol–water partition coefficient (Wildman–Crippen LogP) is 3.37. The lowest BCUT2D eigenvalue weighted by atomic mass is 9.98. The number of hydrogen-bond donors (Lipinski definition) is 1. The summed E-state index contributed by atoms with van der Waals surface area (Å²) in [4.78, 5) is 16.8. The predicted molar refractivity (Wildman–Crippen MR) is 109 cm³/mol. The van der Waals surface area contributed by atoms with Crippen molar-refractivity contribution in [1.82, 2.24) is 9.29 Å². The Hall–Kier alpha value is -1.55. The molecule has 28 heavy (non-hydrogen) atoms. The van der Waals surface area contributed by atoms with Crippen molar-refractivity contribution in [2.24, 2.45) is 0 Å². The maximum Gasteiger partial charge on any atom is 0.252 e. The normalized spacial score (nSPS) is 19.3. The van der Waals surface area contributed by atoms with Crippen molar-refractivity contribution in [1.29, 1.82) is 0 Å². The van der Waals surface area contributed by atoms with Crippen molar-refractivity contribution >= 4 is 42.6 Å². The van der Waals surface area contributed by atoms with Gasteiger partial charge in [0, 0.05) is 13.1 Å². The van der Waals surface area contributed by atoms with Crippen LogP contribution in [0.4, 0.5) is 5.13 Å². The highest BCUT2D eigenvalue weighted by molar-refractivity contribution is 7.89. The average Bonchev–Trinajstić information content (AvgIpc) is 3.36. The third-order valence-corrected chi connectivity index (χ3v) is 8.14. The van der Waals surface area contributed by atoms with Gasteiger partial charge in [0.15, 0.2) is 5.13 Å². The van der Waals surface area contributed by atoms with E-state index in [0.717, 1.165) is 43.2 Å². The van der Waals surface area contributed by atoms with E-state index in [1.54, 1.807) is 18.2 Å². The number of aromatic nitrogens is 1. The molecule has 1 saturated heterocycles. The quantitative estimate of drug-likeness (QED) is 0.770. The number of ether oxygens (including phenoxy) is 1. The Morgan fingerprint density at radius 1 is 1.18 bits per heavy atom. The van der Waals surface area contributed by atoms with E-state index in [0.29, 0.717) is 23.7 Å². The van der Waals surface area contributed by atoms with E-state index in [1.165, 1.54) is 22.1 Å². The highest BCUT2D eigenvalue weighted by Gasteiger charge is 2.27. The molecule has 0 bridgehead atoms. The smallest absolute Gasteiger partial charge is 0.252 e. The second kappa shape index (κ2) is 8.44. The fraction of sp³-hybridized carbons (Fsp3) is 0.579. The third kappa shape index (κ3) is 4.37. The highest BCUT2D eigenvalue weighted by atomic mass is 32.2. The standard InChI is InChI=1S/C19H25N3O4S2/c23-18(13-26-14-6-2-1-3-7-14)21-19-20-16-9-8-15(12-17(16)27-19)28(24,25)22-10-4-5-11-22/h8-9,12,14H,1-7,10-11,13H2,(H,20,21,23). The zero-order valence-corrected chi connectivity index (χ0v) is 17.4. The summed E-state index contributed by atoms with van der Waals surface area (Å²) in [5, 5.41) is 3.23. The van der Waals surface area contributed by atoms with Gasteiger partial charge in [-0.25, -0.2) is 13.4 Å². The van der Waals surface area contributed by atoms with Gasteiger partial charge in [-0.1, -0.05) is 30.6 Å². The number of anilines is 1. The lowest BCUT2D eigenvalue weighted by molar-refractivity contribution is -0.123. The molecule has 2 aliphatic rings. The van der Waals surface area contributed by atoms with Gasteiger partial charge in [-0.05, 0) is 43.9 Å². The van der Waals surface area contributed by atoms with E-state index in [9.17, 15) is 13.2 Å². The van der Waals surface area contributed by atoms with Crippen LogP contribution in [-0.2, 0) is 19.6 Å². The van der Waals surface area contributed by atoms with Crippen LogP contribution >= 0.6 is 11.3 Å². The molecular weight excluding hydrogens is 398 g/mol. The molecule has 1 aromatic carbocycles. The molecule has 0 unspecified atom stereocenters. The van der Waals surface area contributed by atoms with Crippen LogP contribution in [0, 0.1) is 0 Å². The van der Waals surface area contributed by atoms with Crippen LogP contribution in [0.15, 0.2) is 23.1 Å². The number of carbonyl (C=O) groups excluding carboxylic acids is 1. The number of amides is 1. The van der Waals surface area contributed by atoms with Gasteiger partial charge in [0.25, 0.3) is 5.91 Å². The number of fused-ring (bicyclic) bond motifs is 1. The molecule has 152 valence electrons. The summed E-state index contributed by atoms with van der Waals surface area (Å²) in [5.74, 6) is -0.227. The Kier molecular flexibility index (Phi) is 5.96. The van der Waals surface area contributed by atoms with Crippen molar-refractivity contribution in [2.75, 3.05) is 25.0 Å². The molecular formula is C19H25N3O4S2. The van der Waals surface area contributed by atoms with E-state index in [1.807, 2.05) is 0 Å². The Balaban J connectivity index is 1.42. The number of rotatable bonds is 6. The molecule has 1 amide bonds. The fourth-order valence-corrected chi connectivity index (χ4v) is 6.32. The zero-order valence-electron chi connectivity index (χ0n) is 15.7. The Bertz CT molecular complexity index is 945. The average molecular weight is 424 g/mol. The zero-order chi connectivity index (χ0) is 19.6.